The Morgan fingerprint density at radius 2 is 2.00 bits per heavy atom. The van der Waals surface area contributed by atoms with E-state index in [-0.39, 0.29) is 18.5 Å². The molecule has 6 heteroatoms. The lowest BCUT2D eigenvalue weighted by Gasteiger charge is -2.11. The van der Waals surface area contributed by atoms with E-state index in [2.05, 4.69) is 10.6 Å². The number of rotatable bonds is 5. The van der Waals surface area contributed by atoms with Gasteiger partial charge in [0.15, 0.2) is 0 Å². The van der Waals surface area contributed by atoms with Crippen molar-refractivity contribution in [2.45, 2.75) is 13.0 Å². The van der Waals surface area contributed by atoms with Crippen molar-refractivity contribution in [3.63, 3.8) is 0 Å². The fourth-order valence-corrected chi connectivity index (χ4v) is 2.24. The van der Waals surface area contributed by atoms with Crippen molar-refractivity contribution in [1.82, 2.24) is 5.32 Å². The molecule has 0 aliphatic heterocycles. The molecule has 0 bridgehead atoms. The highest BCUT2D eigenvalue weighted by atomic mass is 35.5. The molecule has 0 aliphatic rings. The number of benzene rings is 1. The maximum absolute atomic E-state index is 11.8. The third-order valence-corrected chi connectivity index (χ3v) is 3.12. The summed E-state index contributed by atoms with van der Waals surface area (Å²) in [5.74, 6) is 0.602. The Morgan fingerprint density at radius 3 is 2.60 bits per heavy atom. The van der Waals surface area contributed by atoms with Crippen molar-refractivity contribution in [2.24, 2.45) is 0 Å². The minimum absolute atomic E-state index is 0.0429. The molecule has 1 atom stereocenters. The van der Waals surface area contributed by atoms with Crippen LogP contribution in [-0.2, 0) is 4.79 Å². The van der Waals surface area contributed by atoms with Gasteiger partial charge in [0, 0.05) is 15.7 Å². The Labute approximate surface area is 127 Å². The highest BCUT2D eigenvalue weighted by Gasteiger charge is 2.10. The minimum atomic E-state index is -0.179. The molecule has 0 spiro atoms. The second kappa shape index (κ2) is 6.79. The highest BCUT2D eigenvalue weighted by molar-refractivity contribution is 6.35. The summed E-state index contributed by atoms with van der Waals surface area (Å²) in [7, 11) is 0. The van der Waals surface area contributed by atoms with Gasteiger partial charge in [-0.25, -0.2) is 0 Å². The summed E-state index contributed by atoms with van der Waals surface area (Å²) < 4.78 is 5.25. The van der Waals surface area contributed by atoms with E-state index >= 15 is 0 Å². The summed E-state index contributed by atoms with van der Waals surface area (Å²) in [5, 5.41) is 6.74. The quantitative estimate of drug-likeness (QED) is 0.881. The van der Waals surface area contributed by atoms with Crippen molar-refractivity contribution in [3.05, 3.63) is 52.4 Å². The van der Waals surface area contributed by atoms with Gasteiger partial charge >= 0.3 is 0 Å². The number of carbonyl (C=O) groups excluding carboxylic acids is 1. The fraction of sp³-hybridized carbons (Fsp3) is 0.214. The molecule has 0 unspecified atom stereocenters. The number of carbonyl (C=O) groups is 1. The van der Waals surface area contributed by atoms with E-state index in [1.807, 2.05) is 19.1 Å². The van der Waals surface area contributed by atoms with Crippen molar-refractivity contribution in [1.29, 1.82) is 0 Å². The molecule has 1 aromatic heterocycles. The van der Waals surface area contributed by atoms with Gasteiger partial charge in [-0.2, -0.15) is 0 Å². The first kappa shape index (κ1) is 14.9. The Kier molecular flexibility index (Phi) is 5.06. The van der Waals surface area contributed by atoms with Crippen LogP contribution in [0, 0.1) is 0 Å². The first-order valence-electron chi connectivity index (χ1n) is 6.07. The predicted molar refractivity (Wildman–Crippen MR) is 80.2 cm³/mol. The minimum Gasteiger partial charge on any atom is -0.468 e. The second-order valence-electron chi connectivity index (χ2n) is 4.32. The molecule has 0 fully saturated rings. The molecule has 1 heterocycles. The molecule has 2 aromatic rings. The lowest BCUT2D eigenvalue weighted by Crippen LogP contribution is -2.29. The van der Waals surface area contributed by atoms with E-state index in [0.29, 0.717) is 15.7 Å². The van der Waals surface area contributed by atoms with Crippen LogP contribution in [0.1, 0.15) is 18.7 Å². The maximum atomic E-state index is 11.8. The van der Waals surface area contributed by atoms with E-state index in [0.717, 1.165) is 5.76 Å². The van der Waals surface area contributed by atoms with Gasteiger partial charge in [0.25, 0.3) is 0 Å². The van der Waals surface area contributed by atoms with E-state index in [1.165, 1.54) is 0 Å². The van der Waals surface area contributed by atoms with Crippen LogP contribution in [0.4, 0.5) is 5.69 Å². The molecule has 0 saturated heterocycles. The van der Waals surface area contributed by atoms with Crippen LogP contribution in [0.5, 0.6) is 0 Å². The molecule has 0 saturated carbocycles. The van der Waals surface area contributed by atoms with Gasteiger partial charge in [-0.15, -0.1) is 0 Å². The van der Waals surface area contributed by atoms with Gasteiger partial charge < -0.3 is 9.73 Å². The molecule has 20 heavy (non-hydrogen) atoms. The third-order valence-electron chi connectivity index (χ3n) is 2.69. The molecule has 2 rings (SSSR count). The molecule has 106 valence electrons. The second-order valence-corrected chi connectivity index (χ2v) is 5.20. The topological polar surface area (TPSA) is 54.3 Å². The van der Waals surface area contributed by atoms with Gasteiger partial charge in [0.1, 0.15) is 5.76 Å². The SMILES string of the molecule is C[C@H](NCC(=O)Nc1cc(Cl)cc(Cl)c1)c1ccco1. The number of hydrogen-bond acceptors (Lipinski definition) is 3. The van der Waals surface area contributed by atoms with Crippen molar-refractivity contribution in [2.75, 3.05) is 11.9 Å². The molecule has 4 nitrogen and oxygen atoms in total. The Balaban J connectivity index is 1.86. The number of furan rings is 1. The molecule has 1 amide bonds. The van der Waals surface area contributed by atoms with Gasteiger partial charge in [-0.3, -0.25) is 10.1 Å². The summed E-state index contributed by atoms with van der Waals surface area (Å²) in [5.41, 5.74) is 0.569. The van der Waals surface area contributed by atoms with Gasteiger partial charge in [0.05, 0.1) is 18.8 Å². The Hall–Kier alpha value is -1.49. The maximum Gasteiger partial charge on any atom is 0.238 e. The van der Waals surface area contributed by atoms with Crippen LogP contribution in [0.25, 0.3) is 0 Å². The molecule has 0 radical (unpaired) electrons. The monoisotopic (exact) mass is 312 g/mol. The molecular weight excluding hydrogens is 299 g/mol. The zero-order valence-corrected chi connectivity index (χ0v) is 12.3. The average molecular weight is 313 g/mol. The number of hydrogen-bond donors (Lipinski definition) is 2. The van der Waals surface area contributed by atoms with Crippen LogP contribution >= 0.6 is 23.2 Å². The zero-order chi connectivity index (χ0) is 14.5. The Bertz CT molecular complexity index is 565. The summed E-state index contributed by atoms with van der Waals surface area (Å²) >= 11 is 11.7. The molecular formula is C14H14Cl2N2O2. The zero-order valence-electron chi connectivity index (χ0n) is 10.8. The normalized spacial score (nSPS) is 12.2. The van der Waals surface area contributed by atoms with Gasteiger partial charge in [-0.05, 0) is 37.3 Å². The van der Waals surface area contributed by atoms with Crippen LogP contribution < -0.4 is 10.6 Å². The average Bonchev–Trinajstić information content (AvgIpc) is 2.88. The van der Waals surface area contributed by atoms with Crippen LogP contribution in [-0.4, -0.2) is 12.5 Å². The molecule has 1 aromatic carbocycles. The first-order valence-corrected chi connectivity index (χ1v) is 6.83. The summed E-state index contributed by atoms with van der Waals surface area (Å²) in [4.78, 5) is 11.8. The standard InChI is InChI=1S/C14H14Cl2N2O2/c1-9(13-3-2-4-20-13)17-8-14(19)18-12-6-10(15)5-11(16)7-12/h2-7,9,17H,8H2,1H3,(H,18,19)/t9-/m0/s1. The predicted octanol–water partition coefficient (Wildman–Crippen LogP) is 3.88. The summed E-state index contributed by atoms with van der Waals surface area (Å²) in [6, 6.07) is 8.51. The van der Waals surface area contributed by atoms with E-state index < -0.39 is 0 Å². The molecule has 2 N–H and O–H groups in total. The van der Waals surface area contributed by atoms with Crippen molar-refractivity contribution < 1.29 is 9.21 Å². The lowest BCUT2D eigenvalue weighted by atomic mass is 10.2. The van der Waals surface area contributed by atoms with Gasteiger partial charge in [0.2, 0.25) is 5.91 Å². The smallest absolute Gasteiger partial charge is 0.238 e. The number of anilines is 1. The molecule has 0 aliphatic carbocycles. The van der Waals surface area contributed by atoms with E-state index in [4.69, 9.17) is 27.6 Å². The lowest BCUT2D eigenvalue weighted by molar-refractivity contribution is -0.115. The summed E-state index contributed by atoms with van der Waals surface area (Å²) in [6.07, 6.45) is 1.60. The van der Waals surface area contributed by atoms with Crippen LogP contribution in [0.15, 0.2) is 41.0 Å². The van der Waals surface area contributed by atoms with E-state index in [9.17, 15) is 4.79 Å². The van der Waals surface area contributed by atoms with Gasteiger partial charge in [-0.1, -0.05) is 23.2 Å². The van der Waals surface area contributed by atoms with Crippen molar-refractivity contribution >= 4 is 34.8 Å². The Morgan fingerprint density at radius 1 is 1.30 bits per heavy atom. The fourth-order valence-electron chi connectivity index (χ4n) is 1.72. The number of amides is 1. The van der Waals surface area contributed by atoms with E-state index in [1.54, 1.807) is 24.5 Å². The summed E-state index contributed by atoms with van der Waals surface area (Å²) in [6.45, 7) is 2.08. The highest BCUT2D eigenvalue weighted by Crippen LogP contribution is 2.22. The third kappa shape index (κ3) is 4.27. The number of nitrogens with one attached hydrogen (secondary N) is 2. The largest absolute Gasteiger partial charge is 0.468 e. The first-order chi connectivity index (χ1) is 9.54. The van der Waals surface area contributed by atoms with Crippen LogP contribution in [0.2, 0.25) is 10.0 Å². The van der Waals surface area contributed by atoms with Crippen LogP contribution in [0.3, 0.4) is 0 Å². The number of halogens is 2. The van der Waals surface area contributed by atoms with Crippen molar-refractivity contribution in [3.8, 4) is 0 Å².